The lowest BCUT2D eigenvalue weighted by Gasteiger charge is -2.14. The second-order valence-electron chi connectivity index (χ2n) is 2.96. The summed E-state index contributed by atoms with van der Waals surface area (Å²) >= 11 is 0. The van der Waals surface area contributed by atoms with Gasteiger partial charge in [0.05, 0.1) is 7.11 Å². The highest BCUT2D eigenvalue weighted by Gasteiger charge is 2.14. The first-order valence-electron chi connectivity index (χ1n) is 4.54. The van der Waals surface area contributed by atoms with E-state index in [1.54, 1.807) is 14.2 Å². The summed E-state index contributed by atoms with van der Waals surface area (Å²) in [5, 5.41) is 0. The van der Waals surface area contributed by atoms with Gasteiger partial charge in [-0.05, 0) is 19.3 Å². The summed E-state index contributed by atoms with van der Waals surface area (Å²) in [5.41, 5.74) is 5.54. The normalized spacial score (nSPS) is 12.1. The fraction of sp³-hybridized carbons (Fsp3) is 0.889. The molecule has 6 heteroatoms. The molecule has 0 radical (unpaired) electrons. The van der Waals surface area contributed by atoms with E-state index in [2.05, 4.69) is 4.74 Å². The lowest BCUT2D eigenvalue weighted by molar-refractivity contribution is -0.142. The van der Waals surface area contributed by atoms with Gasteiger partial charge in [-0.15, -0.1) is 12.4 Å². The smallest absolute Gasteiger partial charge is 0.322 e. The van der Waals surface area contributed by atoms with Crippen molar-refractivity contribution in [3.8, 4) is 0 Å². The number of halogens is 1. The molecule has 5 nitrogen and oxygen atoms in total. The predicted molar refractivity (Wildman–Crippen MR) is 58.9 cm³/mol. The molecule has 1 atom stereocenters. The van der Waals surface area contributed by atoms with Crippen molar-refractivity contribution in [1.82, 2.24) is 0 Å². The van der Waals surface area contributed by atoms with Crippen molar-refractivity contribution in [2.24, 2.45) is 5.73 Å². The maximum absolute atomic E-state index is 10.9. The molecule has 0 bridgehead atoms. The Balaban J connectivity index is 0. The molecule has 0 unspecified atom stereocenters. The zero-order chi connectivity index (χ0) is 11.0. The van der Waals surface area contributed by atoms with Crippen LogP contribution in [0.1, 0.15) is 19.3 Å². The highest BCUT2D eigenvalue weighted by Crippen LogP contribution is 2.06. The Bertz CT molecular complexity index is 164. The van der Waals surface area contributed by atoms with Crippen molar-refractivity contribution in [2.75, 3.05) is 21.3 Å². The van der Waals surface area contributed by atoms with Crippen molar-refractivity contribution in [2.45, 2.75) is 31.6 Å². The molecule has 0 aromatic carbocycles. The fourth-order valence-corrected chi connectivity index (χ4v) is 1.11. The van der Waals surface area contributed by atoms with Crippen molar-refractivity contribution < 1.29 is 19.0 Å². The van der Waals surface area contributed by atoms with E-state index in [9.17, 15) is 4.79 Å². The molecule has 0 aliphatic carbocycles. The first-order valence-corrected chi connectivity index (χ1v) is 4.54. The number of methoxy groups -OCH3 is 3. The van der Waals surface area contributed by atoms with Gasteiger partial charge in [0.25, 0.3) is 0 Å². The van der Waals surface area contributed by atoms with Gasteiger partial charge in [0.1, 0.15) is 6.04 Å². The number of rotatable bonds is 7. The molecule has 92 valence electrons. The SMILES string of the molecule is COC(=O)[C@H](N)CCCC(OC)OC.Cl. The van der Waals surface area contributed by atoms with Gasteiger partial charge in [-0.2, -0.15) is 0 Å². The molecular formula is C9H20ClNO4. The maximum Gasteiger partial charge on any atom is 0.322 e. The van der Waals surface area contributed by atoms with Crippen LogP contribution >= 0.6 is 12.4 Å². The highest BCUT2D eigenvalue weighted by atomic mass is 35.5. The molecule has 0 fully saturated rings. The van der Waals surface area contributed by atoms with Crippen LogP contribution in [-0.2, 0) is 19.0 Å². The minimum absolute atomic E-state index is 0. The molecule has 0 aromatic rings. The van der Waals surface area contributed by atoms with Gasteiger partial charge in [-0.1, -0.05) is 0 Å². The molecule has 0 heterocycles. The second kappa shape index (κ2) is 10.2. The third kappa shape index (κ3) is 7.56. The number of hydrogen-bond donors (Lipinski definition) is 1. The first kappa shape index (κ1) is 17.0. The number of esters is 1. The topological polar surface area (TPSA) is 70.8 Å². The third-order valence-electron chi connectivity index (χ3n) is 1.98. The van der Waals surface area contributed by atoms with Gasteiger partial charge in [0, 0.05) is 14.2 Å². The summed E-state index contributed by atoms with van der Waals surface area (Å²) in [6.07, 6.45) is 1.84. The van der Waals surface area contributed by atoms with Crippen LogP contribution in [0.3, 0.4) is 0 Å². The zero-order valence-corrected chi connectivity index (χ0v) is 10.2. The summed E-state index contributed by atoms with van der Waals surface area (Å²) in [7, 11) is 4.48. The van der Waals surface area contributed by atoms with E-state index in [-0.39, 0.29) is 24.7 Å². The van der Waals surface area contributed by atoms with Gasteiger partial charge in [-0.3, -0.25) is 4.79 Å². The highest BCUT2D eigenvalue weighted by molar-refractivity contribution is 5.85. The molecular weight excluding hydrogens is 222 g/mol. The summed E-state index contributed by atoms with van der Waals surface area (Å²) in [6.45, 7) is 0. The van der Waals surface area contributed by atoms with E-state index in [1.807, 2.05) is 0 Å². The summed E-state index contributed by atoms with van der Waals surface area (Å²) in [5.74, 6) is -0.378. The van der Waals surface area contributed by atoms with E-state index >= 15 is 0 Å². The molecule has 0 saturated carbocycles. The number of ether oxygens (including phenoxy) is 3. The van der Waals surface area contributed by atoms with E-state index in [4.69, 9.17) is 15.2 Å². The van der Waals surface area contributed by atoms with Crippen LogP contribution in [0.15, 0.2) is 0 Å². The Kier molecular flexibility index (Phi) is 11.6. The molecule has 0 spiro atoms. The van der Waals surface area contributed by atoms with Crippen LogP contribution in [0, 0.1) is 0 Å². The van der Waals surface area contributed by atoms with Crippen LogP contribution in [0.25, 0.3) is 0 Å². The zero-order valence-electron chi connectivity index (χ0n) is 9.39. The van der Waals surface area contributed by atoms with E-state index in [1.165, 1.54) is 7.11 Å². The summed E-state index contributed by atoms with van der Waals surface area (Å²) in [6, 6.07) is -0.547. The molecule has 2 N–H and O–H groups in total. The van der Waals surface area contributed by atoms with E-state index in [0.29, 0.717) is 6.42 Å². The lowest BCUT2D eigenvalue weighted by atomic mass is 10.1. The number of hydrogen-bond acceptors (Lipinski definition) is 5. The molecule has 0 saturated heterocycles. The number of nitrogens with two attached hydrogens (primary N) is 1. The Hall–Kier alpha value is -0.360. The third-order valence-corrected chi connectivity index (χ3v) is 1.98. The molecule has 0 aliphatic heterocycles. The second-order valence-corrected chi connectivity index (χ2v) is 2.96. The predicted octanol–water partition coefficient (Wildman–Crippen LogP) is 0.698. The van der Waals surface area contributed by atoms with Gasteiger partial charge >= 0.3 is 5.97 Å². The molecule has 0 rings (SSSR count). The Morgan fingerprint density at radius 1 is 1.20 bits per heavy atom. The average molecular weight is 242 g/mol. The maximum atomic E-state index is 10.9. The standard InChI is InChI=1S/C9H19NO4.ClH/c1-12-8(13-2)6-4-5-7(10)9(11)14-3;/h7-8H,4-6,10H2,1-3H3;1H/t7-;/m1./s1. The molecule has 0 amide bonds. The van der Waals surface area contributed by atoms with Crippen LogP contribution in [0.4, 0.5) is 0 Å². The van der Waals surface area contributed by atoms with Crippen LogP contribution in [0.2, 0.25) is 0 Å². The largest absolute Gasteiger partial charge is 0.468 e. The minimum Gasteiger partial charge on any atom is -0.468 e. The average Bonchev–Trinajstić information content (AvgIpc) is 2.22. The minimum atomic E-state index is -0.547. The molecule has 0 aliphatic rings. The van der Waals surface area contributed by atoms with Crippen molar-refractivity contribution >= 4 is 18.4 Å². The van der Waals surface area contributed by atoms with Crippen molar-refractivity contribution in [1.29, 1.82) is 0 Å². The summed E-state index contributed by atoms with van der Waals surface area (Å²) in [4.78, 5) is 10.9. The van der Waals surface area contributed by atoms with Gasteiger partial charge in [-0.25, -0.2) is 0 Å². The van der Waals surface area contributed by atoms with Crippen molar-refractivity contribution in [3.05, 3.63) is 0 Å². The Morgan fingerprint density at radius 3 is 2.13 bits per heavy atom. The van der Waals surface area contributed by atoms with Crippen LogP contribution in [-0.4, -0.2) is 39.6 Å². The summed E-state index contributed by atoms with van der Waals surface area (Å²) < 4.78 is 14.5. The number of carbonyl (C=O) groups excluding carboxylic acids is 1. The van der Waals surface area contributed by atoms with Gasteiger partial charge < -0.3 is 19.9 Å². The number of carbonyl (C=O) groups is 1. The van der Waals surface area contributed by atoms with E-state index < -0.39 is 6.04 Å². The van der Waals surface area contributed by atoms with Gasteiger partial charge in [0.15, 0.2) is 6.29 Å². The van der Waals surface area contributed by atoms with Crippen molar-refractivity contribution in [3.63, 3.8) is 0 Å². The quantitative estimate of drug-likeness (QED) is 0.525. The fourth-order valence-electron chi connectivity index (χ4n) is 1.11. The van der Waals surface area contributed by atoms with Crippen LogP contribution in [0.5, 0.6) is 0 Å². The first-order chi connectivity index (χ1) is 6.65. The monoisotopic (exact) mass is 241 g/mol. The Labute approximate surface area is 96.7 Å². The Morgan fingerprint density at radius 2 is 1.73 bits per heavy atom. The van der Waals surface area contributed by atoms with E-state index in [0.717, 1.165) is 12.8 Å². The van der Waals surface area contributed by atoms with Crippen LogP contribution < -0.4 is 5.73 Å². The molecule has 15 heavy (non-hydrogen) atoms. The lowest BCUT2D eigenvalue weighted by Crippen LogP contribution is -2.31. The molecule has 0 aromatic heterocycles. The van der Waals surface area contributed by atoms with Gasteiger partial charge in [0.2, 0.25) is 0 Å².